The first kappa shape index (κ1) is 27.5. The van der Waals surface area contributed by atoms with Crippen LogP contribution in [-0.4, -0.2) is 24.4 Å². The van der Waals surface area contributed by atoms with E-state index in [4.69, 9.17) is 9.47 Å². The van der Waals surface area contributed by atoms with Gasteiger partial charge in [0.15, 0.2) is 6.61 Å². The van der Waals surface area contributed by atoms with Crippen LogP contribution in [0.3, 0.4) is 0 Å². The molecule has 7 heteroatoms. The molecule has 0 unspecified atom stereocenters. The summed E-state index contributed by atoms with van der Waals surface area (Å²) in [5, 5.41) is 5.53. The average molecular weight is 503 g/mol. The highest BCUT2D eigenvalue weighted by atomic mass is 16.5. The molecule has 2 amide bonds. The van der Waals surface area contributed by atoms with Crippen molar-refractivity contribution in [3.8, 4) is 11.5 Å². The Morgan fingerprint density at radius 2 is 1.54 bits per heavy atom. The van der Waals surface area contributed by atoms with Crippen molar-refractivity contribution in [1.82, 2.24) is 5.32 Å². The Labute approximate surface area is 218 Å². The van der Waals surface area contributed by atoms with Gasteiger partial charge in [-0.15, -0.1) is 0 Å². The maximum atomic E-state index is 12.3. The Morgan fingerprint density at radius 3 is 2.22 bits per heavy atom. The Bertz CT molecular complexity index is 1210. The first-order valence-corrected chi connectivity index (χ1v) is 12.4. The zero-order valence-corrected chi connectivity index (χ0v) is 21.7. The van der Waals surface area contributed by atoms with Crippen LogP contribution >= 0.6 is 0 Å². The zero-order chi connectivity index (χ0) is 26.8. The molecule has 0 bridgehead atoms. The van der Waals surface area contributed by atoms with E-state index in [0.717, 1.165) is 22.4 Å². The lowest BCUT2D eigenvalue weighted by atomic mass is 10.0. The number of benzene rings is 3. The van der Waals surface area contributed by atoms with Crippen molar-refractivity contribution < 1.29 is 23.9 Å². The van der Waals surface area contributed by atoms with Crippen LogP contribution in [0.2, 0.25) is 0 Å². The van der Waals surface area contributed by atoms with Crippen LogP contribution in [-0.2, 0) is 19.1 Å². The van der Waals surface area contributed by atoms with E-state index in [1.165, 1.54) is 0 Å². The Morgan fingerprint density at radius 1 is 0.838 bits per heavy atom. The van der Waals surface area contributed by atoms with E-state index in [1.54, 1.807) is 24.3 Å². The van der Waals surface area contributed by atoms with Crippen molar-refractivity contribution in [3.05, 3.63) is 89.5 Å². The number of esters is 1. The van der Waals surface area contributed by atoms with E-state index in [-0.39, 0.29) is 24.8 Å². The summed E-state index contributed by atoms with van der Waals surface area (Å²) >= 11 is 0. The van der Waals surface area contributed by atoms with Crippen molar-refractivity contribution in [2.75, 3.05) is 11.9 Å². The molecule has 37 heavy (non-hydrogen) atoms. The van der Waals surface area contributed by atoms with Gasteiger partial charge in [0.1, 0.15) is 11.5 Å². The molecule has 0 heterocycles. The molecule has 0 saturated heterocycles. The highest BCUT2D eigenvalue weighted by Crippen LogP contribution is 2.32. The third-order valence-corrected chi connectivity index (χ3v) is 5.75. The largest absolute Gasteiger partial charge is 0.457 e. The molecule has 2 N–H and O–H groups in total. The number of aryl methyl sites for hydroxylation is 1. The van der Waals surface area contributed by atoms with Crippen molar-refractivity contribution in [2.45, 2.75) is 52.5 Å². The number of anilines is 1. The van der Waals surface area contributed by atoms with Gasteiger partial charge in [-0.05, 0) is 66.8 Å². The molecule has 7 nitrogen and oxygen atoms in total. The zero-order valence-electron chi connectivity index (χ0n) is 21.7. The molecule has 0 aliphatic heterocycles. The van der Waals surface area contributed by atoms with E-state index in [1.807, 2.05) is 50.2 Å². The standard InChI is InChI=1S/C30H34N2O5/c1-20(2)26-15-10-21(3)18-27(26)37-25-13-11-24(12-14-25)32-28(33)16-17-30(35)36-19-29(34)31-22(4)23-8-6-5-7-9-23/h5-15,18,20,22H,16-17,19H2,1-4H3,(H,31,34)(H,32,33)/t22-/m0/s1. The van der Waals surface area contributed by atoms with Crippen molar-refractivity contribution in [1.29, 1.82) is 0 Å². The molecular formula is C30H34N2O5. The second-order valence-electron chi connectivity index (χ2n) is 9.23. The lowest BCUT2D eigenvalue weighted by molar-refractivity contribution is -0.149. The predicted molar refractivity (Wildman–Crippen MR) is 144 cm³/mol. The van der Waals surface area contributed by atoms with E-state index >= 15 is 0 Å². The fourth-order valence-electron chi connectivity index (χ4n) is 3.71. The third-order valence-electron chi connectivity index (χ3n) is 5.75. The molecule has 194 valence electrons. The normalized spacial score (nSPS) is 11.5. The second-order valence-corrected chi connectivity index (χ2v) is 9.23. The maximum Gasteiger partial charge on any atom is 0.306 e. The van der Waals surface area contributed by atoms with Crippen LogP contribution in [0.4, 0.5) is 5.69 Å². The molecule has 0 aromatic heterocycles. The van der Waals surface area contributed by atoms with E-state index < -0.39 is 18.5 Å². The summed E-state index contributed by atoms with van der Waals surface area (Å²) in [7, 11) is 0. The highest BCUT2D eigenvalue weighted by Gasteiger charge is 2.14. The number of carbonyl (C=O) groups is 3. The number of nitrogens with one attached hydrogen (secondary N) is 2. The summed E-state index contributed by atoms with van der Waals surface area (Å²) in [6.45, 7) is 7.72. The molecule has 0 spiro atoms. The lowest BCUT2D eigenvalue weighted by Gasteiger charge is -2.15. The average Bonchev–Trinajstić information content (AvgIpc) is 2.88. The summed E-state index contributed by atoms with van der Waals surface area (Å²) in [4.78, 5) is 36.3. The van der Waals surface area contributed by atoms with Gasteiger partial charge in [0.05, 0.1) is 12.5 Å². The molecule has 0 aliphatic rings. The van der Waals surface area contributed by atoms with Gasteiger partial charge in [-0.2, -0.15) is 0 Å². The predicted octanol–water partition coefficient (Wildman–Crippen LogP) is 6.05. The quantitative estimate of drug-likeness (QED) is 0.311. The van der Waals surface area contributed by atoms with Gasteiger partial charge in [0.25, 0.3) is 5.91 Å². The minimum absolute atomic E-state index is 0.0554. The Kier molecular flexibility index (Phi) is 9.84. The van der Waals surface area contributed by atoms with Gasteiger partial charge >= 0.3 is 5.97 Å². The summed E-state index contributed by atoms with van der Waals surface area (Å²) in [6, 6.07) is 22.5. The topological polar surface area (TPSA) is 93.7 Å². The maximum absolute atomic E-state index is 12.3. The van der Waals surface area contributed by atoms with Crippen molar-refractivity contribution in [2.24, 2.45) is 0 Å². The van der Waals surface area contributed by atoms with Crippen LogP contribution in [0.1, 0.15) is 62.3 Å². The van der Waals surface area contributed by atoms with Gasteiger partial charge in [0.2, 0.25) is 5.91 Å². The van der Waals surface area contributed by atoms with Gasteiger partial charge < -0.3 is 20.1 Å². The summed E-state index contributed by atoms with van der Waals surface area (Å²) in [6.07, 6.45) is -0.181. The Hall–Kier alpha value is -4.13. The third kappa shape index (κ3) is 8.79. The number of ether oxygens (including phenoxy) is 2. The van der Waals surface area contributed by atoms with Crippen LogP contribution in [0.15, 0.2) is 72.8 Å². The SMILES string of the molecule is Cc1ccc(C(C)C)c(Oc2ccc(NC(=O)CCC(=O)OCC(=O)N[C@@H](C)c3ccccc3)cc2)c1. The van der Waals surface area contributed by atoms with Gasteiger partial charge in [-0.1, -0.05) is 56.3 Å². The number of amides is 2. The fraction of sp³-hybridized carbons (Fsp3) is 0.300. The molecule has 0 fully saturated rings. The smallest absolute Gasteiger partial charge is 0.306 e. The molecular weight excluding hydrogens is 468 g/mol. The number of rotatable bonds is 11. The van der Waals surface area contributed by atoms with Gasteiger partial charge in [-0.3, -0.25) is 14.4 Å². The first-order valence-electron chi connectivity index (χ1n) is 12.4. The Balaban J connectivity index is 1.40. The van der Waals surface area contributed by atoms with E-state index in [2.05, 4.69) is 36.6 Å². The molecule has 3 aromatic carbocycles. The summed E-state index contributed by atoms with van der Waals surface area (Å²) < 4.78 is 11.1. The van der Waals surface area contributed by atoms with Crippen LogP contribution in [0.25, 0.3) is 0 Å². The highest BCUT2D eigenvalue weighted by molar-refractivity contribution is 5.92. The molecule has 3 rings (SSSR count). The molecule has 1 atom stereocenters. The van der Waals surface area contributed by atoms with Crippen LogP contribution < -0.4 is 15.4 Å². The number of carbonyl (C=O) groups excluding carboxylic acids is 3. The summed E-state index contributed by atoms with van der Waals surface area (Å²) in [5.41, 5.74) is 3.78. The van der Waals surface area contributed by atoms with E-state index in [9.17, 15) is 14.4 Å². The fourth-order valence-corrected chi connectivity index (χ4v) is 3.71. The van der Waals surface area contributed by atoms with E-state index in [0.29, 0.717) is 17.4 Å². The second kappa shape index (κ2) is 13.3. The van der Waals surface area contributed by atoms with Crippen LogP contribution in [0, 0.1) is 6.92 Å². The van der Waals surface area contributed by atoms with Crippen LogP contribution in [0.5, 0.6) is 11.5 Å². The number of hydrogen-bond acceptors (Lipinski definition) is 5. The lowest BCUT2D eigenvalue weighted by Crippen LogP contribution is -2.31. The summed E-state index contributed by atoms with van der Waals surface area (Å²) in [5.74, 6) is 0.465. The minimum Gasteiger partial charge on any atom is -0.457 e. The monoisotopic (exact) mass is 502 g/mol. The molecule has 0 radical (unpaired) electrons. The molecule has 0 saturated carbocycles. The van der Waals surface area contributed by atoms with Crippen molar-refractivity contribution >= 4 is 23.5 Å². The number of hydrogen-bond donors (Lipinski definition) is 2. The molecule has 0 aliphatic carbocycles. The molecule has 3 aromatic rings. The van der Waals surface area contributed by atoms with Gasteiger partial charge in [0, 0.05) is 12.1 Å². The van der Waals surface area contributed by atoms with Crippen molar-refractivity contribution in [3.63, 3.8) is 0 Å². The first-order chi connectivity index (χ1) is 17.7. The van der Waals surface area contributed by atoms with Gasteiger partial charge in [-0.25, -0.2) is 0 Å². The minimum atomic E-state index is -0.611.